The molecule has 1 amide bonds. The van der Waals surface area contributed by atoms with Crippen LogP contribution in [0.25, 0.3) is 0 Å². The highest BCUT2D eigenvalue weighted by Crippen LogP contribution is 2.30. The molecule has 1 aliphatic heterocycles. The van der Waals surface area contributed by atoms with Crippen LogP contribution in [0.1, 0.15) is 41.9 Å². The topological polar surface area (TPSA) is 64.6 Å². The van der Waals surface area contributed by atoms with Crippen molar-refractivity contribution < 1.29 is 19.1 Å². The summed E-state index contributed by atoms with van der Waals surface area (Å²) < 4.78 is 10.4. The zero-order chi connectivity index (χ0) is 14.5. The third-order valence-electron chi connectivity index (χ3n) is 3.09. The van der Waals surface area contributed by atoms with Gasteiger partial charge in [-0.05, 0) is 32.3 Å². The van der Waals surface area contributed by atoms with Gasteiger partial charge in [-0.2, -0.15) is 0 Å². The minimum absolute atomic E-state index is 0.183. The van der Waals surface area contributed by atoms with E-state index in [-0.39, 0.29) is 5.91 Å². The van der Waals surface area contributed by atoms with Crippen LogP contribution in [0.4, 0.5) is 5.00 Å². The van der Waals surface area contributed by atoms with Gasteiger partial charge in [0.15, 0.2) is 0 Å². The van der Waals surface area contributed by atoms with E-state index in [2.05, 4.69) is 5.32 Å². The molecule has 1 aromatic rings. The number of thiophene rings is 1. The van der Waals surface area contributed by atoms with Gasteiger partial charge in [0.1, 0.15) is 11.1 Å². The van der Waals surface area contributed by atoms with Crippen molar-refractivity contribution in [3.63, 3.8) is 0 Å². The van der Waals surface area contributed by atoms with Crippen molar-refractivity contribution in [3.05, 3.63) is 16.5 Å². The van der Waals surface area contributed by atoms with Crippen molar-refractivity contribution in [2.45, 2.75) is 39.2 Å². The Balaban J connectivity index is 2.14. The summed E-state index contributed by atoms with van der Waals surface area (Å²) in [5.74, 6) is -0.580. The lowest BCUT2D eigenvalue weighted by molar-refractivity contribution is -0.124. The third kappa shape index (κ3) is 3.37. The van der Waals surface area contributed by atoms with Crippen LogP contribution >= 0.6 is 11.3 Å². The van der Waals surface area contributed by atoms with Crippen LogP contribution in [0.15, 0.2) is 6.07 Å². The number of hydrogen-bond acceptors (Lipinski definition) is 5. The molecule has 1 fully saturated rings. The molecule has 2 heterocycles. The molecule has 2 rings (SSSR count). The lowest BCUT2D eigenvalue weighted by Gasteiger charge is -2.10. The van der Waals surface area contributed by atoms with Crippen LogP contribution in [0, 0.1) is 0 Å². The molecule has 0 spiro atoms. The molecule has 5 nitrogen and oxygen atoms in total. The molecule has 110 valence electrons. The molecule has 0 aliphatic carbocycles. The summed E-state index contributed by atoms with van der Waals surface area (Å²) in [4.78, 5) is 25.0. The number of anilines is 1. The highest BCUT2D eigenvalue weighted by Gasteiger charge is 2.26. The molecule has 20 heavy (non-hydrogen) atoms. The summed E-state index contributed by atoms with van der Waals surface area (Å²) in [7, 11) is 0. The monoisotopic (exact) mass is 297 g/mol. The van der Waals surface area contributed by atoms with Gasteiger partial charge in [-0.25, -0.2) is 4.79 Å². The fourth-order valence-corrected chi connectivity index (χ4v) is 3.03. The van der Waals surface area contributed by atoms with E-state index >= 15 is 0 Å². The van der Waals surface area contributed by atoms with Gasteiger partial charge in [0.25, 0.3) is 5.91 Å². The van der Waals surface area contributed by atoms with Crippen LogP contribution in [-0.4, -0.2) is 31.2 Å². The fraction of sp³-hybridized carbons (Fsp3) is 0.571. The molecule has 0 unspecified atom stereocenters. The molecule has 6 heteroatoms. The Bertz CT molecular complexity index is 491. The first-order valence-electron chi connectivity index (χ1n) is 6.88. The second-order valence-corrected chi connectivity index (χ2v) is 5.66. The van der Waals surface area contributed by atoms with Gasteiger partial charge in [0, 0.05) is 11.5 Å². The first-order valence-corrected chi connectivity index (χ1v) is 7.69. The Hall–Kier alpha value is -1.40. The summed E-state index contributed by atoms with van der Waals surface area (Å²) in [5, 5.41) is 3.36. The van der Waals surface area contributed by atoms with Crippen molar-refractivity contribution in [2.75, 3.05) is 18.5 Å². The molecule has 0 aromatic carbocycles. The highest BCUT2D eigenvalue weighted by molar-refractivity contribution is 7.16. The Kier molecular flexibility index (Phi) is 5.14. The number of esters is 1. The van der Waals surface area contributed by atoms with Gasteiger partial charge in [-0.15, -0.1) is 11.3 Å². The van der Waals surface area contributed by atoms with E-state index in [1.54, 1.807) is 13.0 Å². The van der Waals surface area contributed by atoms with Gasteiger partial charge in [-0.3, -0.25) is 4.79 Å². The number of aryl methyl sites for hydroxylation is 1. The molecule has 1 saturated heterocycles. The van der Waals surface area contributed by atoms with Gasteiger partial charge in [0.05, 0.1) is 12.2 Å². The maximum absolute atomic E-state index is 12.1. The van der Waals surface area contributed by atoms with Crippen molar-refractivity contribution in [1.82, 2.24) is 0 Å². The van der Waals surface area contributed by atoms with E-state index in [4.69, 9.17) is 9.47 Å². The Labute approximate surface area is 122 Å². The van der Waals surface area contributed by atoms with Crippen LogP contribution in [-0.2, 0) is 20.7 Å². The number of carbonyl (C=O) groups is 2. The van der Waals surface area contributed by atoms with Crippen molar-refractivity contribution in [1.29, 1.82) is 0 Å². The van der Waals surface area contributed by atoms with E-state index in [9.17, 15) is 9.59 Å². The molecule has 1 aromatic heterocycles. The Morgan fingerprint density at radius 3 is 2.90 bits per heavy atom. The molecular weight excluding hydrogens is 278 g/mol. The molecule has 1 N–H and O–H groups in total. The molecule has 1 aliphatic rings. The summed E-state index contributed by atoms with van der Waals surface area (Å²) in [6, 6.07) is 1.79. The summed E-state index contributed by atoms with van der Waals surface area (Å²) in [6.45, 7) is 4.70. The molecular formula is C14H19NO4S. The predicted octanol–water partition coefficient (Wildman–Crippen LogP) is 2.60. The summed E-state index contributed by atoms with van der Waals surface area (Å²) >= 11 is 1.41. The van der Waals surface area contributed by atoms with Crippen LogP contribution in [0.2, 0.25) is 0 Å². The SMILES string of the molecule is CCOC(=O)c1cc(CC)sc1NC(=O)[C@H]1CCCO1. The number of carbonyl (C=O) groups excluding carboxylic acids is 2. The quantitative estimate of drug-likeness (QED) is 0.848. The largest absolute Gasteiger partial charge is 0.462 e. The zero-order valence-electron chi connectivity index (χ0n) is 11.7. The van der Waals surface area contributed by atoms with Crippen LogP contribution in [0.3, 0.4) is 0 Å². The van der Waals surface area contributed by atoms with E-state index in [1.165, 1.54) is 11.3 Å². The van der Waals surface area contributed by atoms with E-state index in [0.29, 0.717) is 23.8 Å². The Morgan fingerprint density at radius 2 is 2.30 bits per heavy atom. The van der Waals surface area contributed by atoms with Crippen molar-refractivity contribution in [3.8, 4) is 0 Å². The normalized spacial score (nSPS) is 18.0. The minimum atomic E-state index is -0.405. The molecule has 1 atom stereocenters. The van der Waals surface area contributed by atoms with E-state index < -0.39 is 12.1 Å². The number of rotatable bonds is 5. The van der Waals surface area contributed by atoms with Crippen LogP contribution < -0.4 is 5.32 Å². The number of hydrogen-bond donors (Lipinski definition) is 1. The average Bonchev–Trinajstić information content (AvgIpc) is 3.08. The van der Waals surface area contributed by atoms with Crippen molar-refractivity contribution in [2.24, 2.45) is 0 Å². The molecule has 0 radical (unpaired) electrons. The lowest BCUT2D eigenvalue weighted by Crippen LogP contribution is -2.27. The van der Waals surface area contributed by atoms with E-state index in [0.717, 1.165) is 24.1 Å². The van der Waals surface area contributed by atoms with Crippen LogP contribution in [0.5, 0.6) is 0 Å². The summed E-state index contributed by atoms with van der Waals surface area (Å²) in [5.41, 5.74) is 0.431. The van der Waals surface area contributed by atoms with Crippen molar-refractivity contribution >= 4 is 28.2 Å². The smallest absolute Gasteiger partial charge is 0.341 e. The maximum atomic E-state index is 12.1. The number of ether oxygens (including phenoxy) is 2. The second-order valence-electron chi connectivity index (χ2n) is 4.52. The fourth-order valence-electron chi connectivity index (χ4n) is 2.05. The van der Waals surface area contributed by atoms with Gasteiger partial charge in [-0.1, -0.05) is 6.92 Å². The summed E-state index contributed by atoms with van der Waals surface area (Å²) in [6.07, 6.45) is 2.03. The number of nitrogens with one attached hydrogen (secondary N) is 1. The van der Waals surface area contributed by atoms with Gasteiger partial charge in [0.2, 0.25) is 0 Å². The molecule has 0 saturated carbocycles. The molecule has 0 bridgehead atoms. The minimum Gasteiger partial charge on any atom is -0.462 e. The first-order chi connectivity index (χ1) is 9.65. The standard InChI is InChI=1S/C14H19NO4S/c1-3-9-8-10(14(17)18-4-2)13(20-9)15-12(16)11-6-5-7-19-11/h8,11H,3-7H2,1-2H3,(H,15,16)/t11-/m1/s1. The van der Waals surface area contributed by atoms with Gasteiger partial charge >= 0.3 is 5.97 Å². The predicted molar refractivity (Wildman–Crippen MR) is 77.3 cm³/mol. The second kappa shape index (κ2) is 6.85. The first kappa shape index (κ1) is 15.0. The maximum Gasteiger partial charge on any atom is 0.341 e. The highest BCUT2D eigenvalue weighted by atomic mass is 32.1. The van der Waals surface area contributed by atoms with E-state index in [1.807, 2.05) is 6.92 Å². The lowest BCUT2D eigenvalue weighted by atomic mass is 10.2. The Morgan fingerprint density at radius 1 is 1.50 bits per heavy atom. The number of amides is 1. The zero-order valence-corrected chi connectivity index (χ0v) is 12.5. The third-order valence-corrected chi connectivity index (χ3v) is 4.28. The average molecular weight is 297 g/mol. The van der Waals surface area contributed by atoms with Gasteiger partial charge < -0.3 is 14.8 Å².